The first-order chi connectivity index (χ1) is 11.2. The third kappa shape index (κ3) is 4.45. The topological polar surface area (TPSA) is 59.6 Å². The van der Waals surface area contributed by atoms with E-state index in [0.29, 0.717) is 13.2 Å². The molecule has 1 aromatic rings. The third-order valence-corrected chi connectivity index (χ3v) is 4.60. The predicted octanol–water partition coefficient (Wildman–Crippen LogP) is 1.86. The fourth-order valence-corrected chi connectivity index (χ4v) is 3.27. The summed E-state index contributed by atoms with van der Waals surface area (Å²) in [6.07, 6.45) is 4.04. The van der Waals surface area contributed by atoms with Gasteiger partial charge in [-0.1, -0.05) is 25.0 Å². The van der Waals surface area contributed by atoms with Crippen LogP contribution >= 0.6 is 0 Å². The first-order valence-electron chi connectivity index (χ1n) is 8.35. The molecule has 1 aliphatic carbocycles. The van der Waals surface area contributed by atoms with Crippen molar-refractivity contribution in [2.75, 3.05) is 40.5 Å². The Morgan fingerprint density at radius 2 is 1.78 bits per heavy atom. The zero-order chi connectivity index (χ0) is 16.5. The molecule has 1 aromatic carbocycles. The summed E-state index contributed by atoms with van der Waals surface area (Å²) in [7, 11) is 3.34. The van der Waals surface area contributed by atoms with E-state index in [1.807, 2.05) is 24.3 Å². The highest BCUT2D eigenvalue weighted by atomic mass is 16.5. The number of rotatable bonds is 9. The number of methoxy groups -OCH3 is 2. The van der Waals surface area contributed by atoms with E-state index >= 15 is 0 Å². The van der Waals surface area contributed by atoms with Crippen LogP contribution in [-0.2, 0) is 14.9 Å². The predicted molar refractivity (Wildman–Crippen MR) is 90.9 cm³/mol. The van der Waals surface area contributed by atoms with E-state index in [1.165, 1.54) is 0 Å². The number of amides is 1. The molecule has 5 heteroatoms. The Labute approximate surface area is 138 Å². The van der Waals surface area contributed by atoms with E-state index in [-0.39, 0.29) is 11.3 Å². The first kappa shape index (κ1) is 17.8. The van der Waals surface area contributed by atoms with Gasteiger partial charge >= 0.3 is 0 Å². The maximum absolute atomic E-state index is 12.8. The summed E-state index contributed by atoms with van der Waals surface area (Å²) in [5.41, 5.74) is 0.722. The van der Waals surface area contributed by atoms with Gasteiger partial charge in [0.05, 0.1) is 19.1 Å². The van der Waals surface area contributed by atoms with Crippen molar-refractivity contribution in [2.45, 2.75) is 31.1 Å². The monoisotopic (exact) mass is 320 g/mol. The average Bonchev–Trinajstić information content (AvgIpc) is 3.09. The average molecular weight is 320 g/mol. The number of ether oxygens (including phenoxy) is 2. The minimum atomic E-state index is -0.376. The summed E-state index contributed by atoms with van der Waals surface area (Å²) >= 11 is 0. The van der Waals surface area contributed by atoms with E-state index in [4.69, 9.17) is 9.47 Å². The number of hydrogen-bond acceptors (Lipinski definition) is 4. The Kier molecular flexibility index (Phi) is 6.86. The van der Waals surface area contributed by atoms with Gasteiger partial charge in [-0.05, 0) is 30.5 Å². The SMILES string of the molecule is COCCNCCNC(=O)C1(c2ccc(OC)cc2)CCCC1. The summed E-state index contributed by atoms with van der Waals surface area (Å²) in [4.78, 5) is 12.8. The minimum absolute atomic E-state index is 0.147. The van der Waals surface area contributed by atoms with Crippen LogP contribution in [0.3, 0.4) is 0 Å². The molecule has 0 aliphatic heterocycles. The van der Waals surface area contributed by atoms with Gasteiger partial charge in [0, 0.05) is 26.7 Å². The largest absolute Gasteiger partial charge is 0.497 e. The van der Waals surface area contributed by atoms with E-state index in [9.17, 15) is 4.79 Å². The van der Waals surface area contributed by atoms with Crippen LogP contribution in [0, 0.1) is 0 Å². The minimum Gasteiger partial charge on any atom is -0.497 e. The van der Waals surface area contributed by atoms with Crippen LogP contribution in [0.25, 0.3) is 0 Å². The summed E-state index contributed by atoms with van der Waals surface area (Å²) < 4.78 is 10.2. The molecule has 1 saturated carbocycles. The van der Waals surface area contributed by atoms with Crippen molar-refractivity contribution in [3.63, 3.8) is 0 Å². The van der Waals surface area contributed by atoms with E-state index < -0.39 is 0 Å². The standard InChI is InChI=1S/C18H28N2O3/c1-22-14-13-19-11-12-20-17(21)18(9-3-4-10-18)15-5-7-16(23-2)8-6-15/h5-8,19H,3-4,9-14H2,1-2H3,(H,20,21). The first-order valence-corrected chi connectivity index (χ1v) is 8.35. The second-order valence-electron chi connectivity index (χ2n) is 6.02. The van der Waals surface area contributed by atoms with Crippen LogP contribution in [-0.4, -0.2) is 46.4 Å². The Morgan fingerprint density at radius 3 is 2.39 bits per heavy atom. The maximum atomic E-state index is 12.8. The van der Waals surface area contributed by atoms with Crippen molar-refractivity contribution < 1.29 is 14.3 Å². The normalized spacial score (nSPS) is 16.3. The molecule has 0 aromatic heterocycles. The molecule has 0 bridgehead atoms. The Bertz CT molecular complexity index is 482. The molecule has 0 atom stereocenters. The van der Waals surface area contributed by atoms with Gasteiger partial charge in [-0.2, -0.15) is 0 Å². The van der Waals surface area contributed by atoms with Crippen molar-refractivity contribution in [1.82, 2.24) is 10.6 Å². The summed E-state index contributed by atoms with van der Waals surface area (Å²) in [5.74, 6) is 0.971. The molecule has 0 heterocycles. The molecule has 0 spiro atoms. The van der Waals surface area contributed by atoms with Crippen molar-refractivity contribution in [3.05, 3.63) is 29.8 Å². The van der Waals surface area contributed by atoms with Gasteiger partial charge in [0.2, 0.25) is 5.91 Å². The van der Waals surface area contributed by atoms with Gasteiger partial charge in [-0.15, -0.1) is 0 Å². The van der Waals surface area contributed by atoms with Crippen LogP contribution in [0.2, 0.25) is 0 Å². The molecule has 2 rings (SSSR count). The van der Waals surface area contributed by atoms with Crippen LogP contribution in [0.5, 0.6) is 5.75 Å². The number of nitrogens with one attached hydrogen (secondary N) is 2. The van der Waals surface area contributed by atoms with Crippen molar-refractivity contribution in [1.29, 1.82) is 0 Å². The molecule has 5 nitrogen and oxygen atoms in total. The van der Waals surface area contributed by atoms with Crippen LogP contribution < -0.4 is 15.4 Å². The molecular formula is C18H28N2O3. The lowest BCUT2D eigenvalue weighted by molar-refractivity contribution is -0.126. The van der Waals surface area contributed by atoms with Gasteiger partial charge in [-0.3, -0.25) is 4.79 Å². The number of carbonyl (C=O) groups excluding carboxylic acids is 1. The van der Waals surface area contributed by atoms with Gasteiger partial charge < -0.3 is 20.1 Å². The number of carbonyl (C=O) groups is 1. The maximum Gasteiger partial charge on any atom is 0.230 e. The molecule has 1 fully saturated rings. The molecule has 2 N–H and O–H groups in total. The van der Waals surface area contributed by atoms with Crippen molar-refractivity contribution in [3.8, 4) is 5.75 Å². The molecule has 128 valence electrons. The smallest absolute Gasteiger partial charge is 0.230 e. The molecule has 1 amide bonds. The van der Waals surface area contributed by atoms with Crippen LogP contribution in [0.1, 0.15) is 31.2 Å². The Hall–Kier alpha value is -1.59. The zero-order valence-corrected chi connectivity index (χ0v) is 14.2. The molecule has 0 saturated heterocycles. The quantitative estimate of drug-likeness (QED) is 0.682. The number of hydrogen-bond donors (Lipinski definition) is 2. The Balaban J connectivity index is 1.95. The van der Waals surface area contributed by atoms with Crippen molar-refractivity contribution >= 4 is 5.91 Å². The van der Waals surface area contributed by atoms with E-state index in [1.54, 1.807) is 14.2 Å². The van der Waals surface area contributed by atoms with Gasteiger partial charge in [0.1, 0.15) is 5.75 Å². The summed E-state index contributed by atoms with van der Waals surface area (Å²) in [6.45, 7) is 2.88. The lowest BCUT2D eigenvalue weighted by Gasteiger charge is -2.28. The summed E-state index contributed by atoms with van der Waals surface area (Å²) in [5, 5.41) is 6.34. The zero-order valence-electron chi connectivity index (χ0n) is 14.2. The third-order valence-electron chi connectivity index (χ3n) is 4.60. The van der Waals surface area contributed by atoms with E-state index in [2.05, 4.69) is 10.6 Å². The van der Waals surface area contributed by atoms with Gasteiger partial charge in [0.25, 0.3) is 0 Å². The van der Waals surface area contributed by atoms with Gasteiger partial charge in [-0.25, -0.2) is 0 Å². The van der Waals surface area contributed by atoms with Gasteiger partial charge in [0.15, 0.2) is 0 Å². The molecule has 23 heavy (non-hydrogen) atoms. The second kappa shape index (κ2) is 8.89. The van der Waals surface area contributed by atoms with Crippen LogP contribution in [0.15, 0.2) is 24.3 Å². The molecule has 0 radical (unpaired) electrons. The molecule has 1 aliphatic rings. The second-order valence-corrected chi connectivity index (χ2v) is 6.02. The lowest BCUT2D eigenvalue weighted by atomic mass is 9.78. The lowest BCUT2D eigenvalue weighted by Crippen LogP contribution is -2.44. The Morgan fingerprint density at radius 1 is 1.09 bits per heavy atom. The highest BCUT2D eigenvalue weighted by molar-refractivity contribution is 5.88. The summed E-state index contributed by atoms with van der Waals surface area (Å²) in [6, 6.07) is 7.94. The fraction of sp³-hybridized carbons (Fsp3) is 0.611. The highest BCUT2D eigenvalue weighted by Gasteiger charge is 2.42. The fourth-order valence-electron chi connectivity index (χ4n) is 3.27. The molecule has 0 unspecified atom stereocenters. The highest BCUT2D eigenvalue weighted by Crippen LogP contribution is 2.41. The van der Waals surface area contributed by atoms with Crippen molar-refractivity contribution in [2.24, 2.45) is 0 Å². The molecular weight excluding hydrogens is 292 g/mol. The van der Waals surface area contributed by atoms with E-state index in [0.717, 1.165) is 50.1 Å². The number of benzene rings is 1. The van der Waals surface area contributed by atoms with Crippen LogP contribution in [0.4, 0.5) is 0 Å².